The average molecular weight is 386 g/mol. The highest BCUT2D eigenvalue weighted by molar-refractivity contribution is 14.1. The van der Waals surface area contributed by atoms with E-state index in [1.54, 1.807) is 6.07 Å². The molecular formula is C11H7IN4O4. The molecule has 9 heteroatoms. The Kier molecular flexibility index (Phi) is 2.85. The van der Waals surface area contributed by atoms with Gasteiger partial charge in [0, 0.05) is 0 Å². The number of carbonyl (C=O) groups is 1. The maximum atomic E-state index is 12.0. The minimum absolute atomic E-state index is 0.161. The van der Waals surface area contributed by atoms with Crippen molar-refractivity contribution in [2.75, 3.05) is 7.11 Å². The van der Waals surface area contributed by atoms with Crippen LogP contribution in [0.5, 0.6) is 0 Å². The van der Waals surface area contributed by atoms with Gasteiger partial charge in [0.25, 0.3) is 5.56 Å². The number of nitrogens with one attached hydrogen (secondary N) is 2. The first-order chi connectivity index (χ1) is 9.52. The summed E-state index contributed by atoms with van der Waals surface area (Å²) in [4.78, 5) is 39.8. The van der Waals surface area contributed by atoms with Crippen molar-refractivity contribution in [1.29, 1.82) is 0 Å². The maximum absolute atomic E-state index is 12.0. The molecule has 0 aliphatic rings. The molecule has 3 aromatic heterocycles. The van der Waals surface area contributed by atoms with Crippen molar-refractivity contribution in [2.24, 2.45) is 0 Å². The Balaban J connectivity index is 2.63. The molecule has 0 aliphatic carbocycles. The van der Waals surface area contributed by atoms with Gasteiger partial charge in [-0.2, -0.15) is 5.10 Å². The fourth-order valence-electron chi connectivity index (χ4n) is 2.04. The van der Waals surface area contributed by atoms with E-state index in [9.17, 15) is 14.4 Å². The Morgan fingerprint density at radius 2 is 2.15 bits per heavy atom. The predicted molar refractivity (Wildman–Crippen MR) is 78.0 cm³/mol. The highest BCUT2D eigenvalue weighted by atomic mass is 127. The van der Waals surface area contributed by atoms with Gasteiger partial charge in [-0.3, -0.25) is 9.78 Å². The zero-order valence-electron chi connectivity index (χ0n) is 10.1. The Morgan fingerprint density at radius 1 is 1.40 bits per heavy atom. The summed E-state index contributed by atoms with van der Waals surface area (Å²) >= 11 is 1.99. The van der Waals surface area contributed by atoms with Gasteiger partial charge in [-0.1, -0.05) is 0 Å². The highest BCUT2D eigenvalue weighted by Gasteiger charge is 2.19. The number of nitrogens with zero attached hydrogens (tertiary/aromatic N) is 2. The number of methoxy groups -OCH3 is 1. The fourth-order valence-corrected chi connectivity index (χ4v) is 2.72. The number of pyridine rings is 1. The van der Waals surface area contributed by atoms with Gasteiger partial charge < -0.3 is 9.72 Å². The minimum Gasteiger partial charge on any atom is -0.465 e. The first-order valence-electron chi connectivity index (χ1n) is 5.44. The van der Waals surface area contributed by atoms with Crippen molar-refractivity contribution in [2.45, 2.75) is 0 Å². The molecule has 0 fully saturated rings. The van der Waals surface area contributed by atoms with Crippen molar-refractivity contribution < 1.29 is 9.53 Å². The van der Waals surface area contributed by atoms with Gasteiger partial charge in [0.15, 0.2) is 0 Å². The van der Waals surface area contributed by atoms with E-state index in [0.29, 0.717) is 14.7 Å². The van der Waals surface area contributed by atoms with Crippen molar-refractivity contribution in [3.05, 3.63) is 42.4 Å². The number of fused-ring (bicyclic) bond motifs is 3. The summed E-state index contributed by atoms with van der Waals surface area (Å²) < 4.78 is 6.76. The zero-order chi connectivity index (χ0) is 14.4. The van der Waals surface area contributed by atoms with Crippen LogP contribution in [-0.2, 0) is 4.74 Å². The number of aromatic amines is 2. The minimum atomic E-state index is -0.609. The number of halogens is 1. The molecule has 0 aromatic carbocycles. The number of ether oxygens (including phenoxy) is 1. The predicted octanol–water partition coefficient (Wildman–Crippen LogP) is 0.255. The average Bonchev–Trinajstić information content (AvgIpc) is 2.82. The molecule has 0 unspecified atom stereocenters. The number of hydrogen-bond acceptors (Lipinski definition) is 5. The van der Waals surface area contributed by atoms with Crippen molar-refractivity contribution in [1.82, 2.24) is 19.6 Å². The first-order valence-corrected chi connectivity index (χ1v) is 6.51. The molecule has 3 rings (SSSR count). The second-order valence-electron chi connectivity index (χ2n) is 3.97. The first kappa shape index (κ1) is 12.8. The van der Waals surface area contributed by atoms with Crippen LogP contribution in [0.2, 0.25) is 0 Å². The van der Waals surface area contributed by atoms with Crippen molar-refractivity contribution in [3.8, 4) is 0 Å². The van der Waals surface area contributed by atoms with Crippen LogP contribution >= 0.6 is 22.6 Å². The quantitative estimate of drug-likeness (QED) is 0.354. The third-order valence-corrected chi connectivity index (χ3v) is 3.62. The van der Waals surface area contributed by atoms with E-state index in [1.165, 1.54) is 17.8 Å². The molecule has 0 saturated carbocycles. The third kappa shape index (κ3) is 1.73. The Morgan fingerprint density at radius 3 is 2.85 bits per heavy atom. The van der Waals surface area contributed by atoms with Crippen LogP contribution < -0.4 is 11.2 Å². The van der Waals surface area contributed by atoms with Crippen LogP contribution in [0.1, 0.15) is 10.4 Å². The molecule has 2 N–H and O–H groups in total. The van der Waals surface area contributed by atoms with Crippen LogP contribution in [0.25, 0.3) is 16.4 Å². The summed E-state index contributed by atoms with van der Waals surface area (Å²) in [6.45, 7) is 0. The van der Waals surface area contributed by atoms with Gasteiger partial charge in [0.05, 0.1) is 29.7 Å². The molecule has 8 nitrogen and oxygen atoms in total. The lowest BCUT2D eigenvalue weighted by Gasteiger charge is -2.04. The summed E-state index contributed by atoms with van der Waals surface area (Å²) in [5.74, 6) is -0.603. The van der Waals surface area contributed by atoms with E-state index in [2.05, 4.69) is 19.8 Å². The summed E-state index contributed by atoms with van der Waals surface area (Å²) in [5.41, 5.74) is -0.399. The van der Waals surface area contributed by atoms with Crippen LogP contribution in [0.4, 0.5) is 0 Å². The maximum Gasteiger partial charge on any atom is 0.341 e. The molecule has 0 saturated heterocycles. The fraction of sp³-hybridized carbons (Fsp3) is 0.0909. The van der Waals surface area contributed by atoms with Gasteiger partial charge in [-0.05, 0) is 28.7 Å². The normalized spacial score (nSPS) is 11.1. The summed E-state index contributed by atoms with van der Waals surface area (Å²) in [6.07, 6.45) is 1.33. The number of aromatic nitrogens is 4. The molecule has 102 valence electrons. The van der Waals surface area contributed by atoms with E-state index in [1.807, 2.05) is 22.6 Å². The number of H-pyrrole nitrogens is 2. The third-order valence-electron chi connectivity index (χ3n) is 2.85. The SMILES string of the molecule is COC(=O)c1cnn2c(I)cc3[nH]c(=O)[nH]c(=O)c3c12. The Bertz CT molecular complexity index is 968. The molecule has 3 heterocycles. The number of esters is 1. The second-order valence-corrected chi connectivity index (χ2v) is 5.08. The molecular weight excluding hydrogens is 379 g/mol. The Hall–Kier alpha value is -2.17. The van der Waals surface area contributed by atoms with Gasteiger partial charge in [0.2, 0.25) is 0 Å². The smallest absolute Gasteiger partial charge is 0.341 e. The second kappa shape index (κ2) is 4.44. The molecule has 0 atom stereocenters. The van der Waals surface area contributed by atoms with Crippen molar-refractivity contribution >= 4 is 45.0 Å². The highest BCUT2D eigenvalue weighted by Crippen LogP contribution is 2.22. The monoisotopic (exact) mass is 386 g/mol. The van der Waals surface area contributed by atoms with Crippen LogP contribution in [0, 0.1) is 3.70 Å². The summed E-state index contributed by atoms with van der Waals surface area (Å²) in [6, 6.07) is 1.60. The summed E-state index contributed by atoms with van der Waals surface area (Å²) in [7, 11) is 1.24. The lowest BCUT2D eigenvalue weighted by atomic mass is 10.2. The van der Waals surface area contributed by atoms with E-state index < -0.39 is 17.2 Å². The standard InChI is InChI=1S/C11H7IN4O4/c1-20-10(18)4-3-13-16-6(12)2-5-7(8(4)16)9(17)15-11(19)14-5/h2-3H,1H3,(H2,14,15,17,19). The molecule has 0 radical (unpaired) electrons. The molecule has 0 amide bonds. The van der Waals surface area contributed by atoms with Gasteiger partial charge >= 0.3 is 11.7 Å². The summed E-state index contributed by atoms with van der Waals surface area (Å²) in [5, 5.41) is 4.25. The van der Waals surface area contributed by atoms with E-state index in [4.69, 9.17) is 0 Å². The topological polar surface area (TPSA) is 109 Å². The zero-order valence-corrected chi connectivity index (χ0v) is 12.2. The molecule has 0 bridgehead atoms. The van der Waals surface area contributed by atoms with Gasteiger partial charge in [-0.15, -0.1) is 0 Å². The van der Waals surface area contributed by atoms with Crippen LogP contribution in [-0.4, -0.2) is 32.7 Å². The van der Waals surface area contributed by atoms with Crippen molar-refractivity contribution in [3.63, 3.8) is 0 Å². The Labute approximate surface area is 123 Å². The largest absolute Gasteiger partial charge is 0.465 e. The van der Waals surface area contributed by atoms with Crippen LogP contribution in [0.3, 0.4) is 0 Å². The van der Waals surface area contributed by atoms with Gasteiger partial charge in [0.1, 0.15) is 9.26 Å². The molecule has 3 aromatic rings. The lowest BCUT2D eigenvalue weighted by Crippen LogP contribution is -2.23. The molecule has 0 spiro atoms. The molecule has 0 aliphatic heterocycles. The van der Waals surface area contributed by atoms with E-state index >= 15 is 0 Å². The van der Waals surface area contributed by atoms with Gasteiger partial charge in [-0.25, -0.2) is 14.1 Å². The molecule has 20 heavy (non-hydrogen) atoms. The van der Waals surface area contributed by atoms with E-state index in [-0.39, 0.29) is 10.9 Å². The number of rotatable bonds is 1. The lowest BCUT2D eigenvalue weighted by molar-refractivity contribution is 0.0603. The van der Waals surface area contributed by atoms with E-state index in [0.717, 1.165) is 0 Å². The number of hydrogen-bond donors (Lipinski definition) is 2. The number of carbonyl (C=O) groups excluding carboxylic acids is 1. The van der Waals surface area contributed by atoms with Crippen LogP contribution in [0.15, 0.2) is 21.9 Å².